The minimum Gasteiger partial charge on any atom is -0.360 e. The van der Waals surface area contributed by atoms with Gasteiger partial charge < -0.3 is 9.42 Å². The smallest absolute Gasteiger partial charge is 0.276 e. The minimum absolute atomic E-state index is 0.0401. The molecule has 1 aromatic rings. The molecule has 1 amide bonds. The lowest BCUT2D eigenvalue weighted by atomic mass is 10.2. The van der Waals surface area contributed by atoms with E-state index >= 15 is 0 Å². The Bertz CT molecular complexity index is 505. The maximum Gasteiger partial charge on any atom is 0.276 e. The van der Waals surface area contributed by atoms with E-state index in [0.29, 0.717) is 11.6 Å². The third-order valence-corrected chi connectivity index (χ3v) is 4.61. The van der Waals surface area contributed by atoms with Gasteiger partial charge in [0.15, 0.2) is 5.69 Å². The van der Waals surface area contributed by atoms with Crippen molar-refractivity contribution in [2.75, 3.05) is 26.2 Å². The van der Waals surface area contributed by atoms with Crippen LogP contribution in [0, 0.1) is 0 Å². The van der Waals surface area contributed by atoms with Crippen LogP contribution in [0.15, 0.2) is 10.6 Å². The molecular weight excluding hydrogens is 254 g/mol. The summed E-state index contributed by atoms with van der Waals surface area (Å²) >= 11 is 0. The second kappa shape index (κ2) is 4.88. The summed E-state index contributed by atoms with van der Waals surface area (Å²) in [6.07, 6.45) is 6.07. The van der Waals surface area contributed by atoms with E-state index in [1.807, 2.05) is 11.0 Å². The molecule has 20 heavy (non-hydrogen) atoms. The molecule has 1 aliphatic heterocycles. The summed E-state index contributed by atoms with van der Waals surface area (Å²) < 4.78 is 5.29. The maximum atomic E-state index is 12.5. The van der Waals surface area contributed by atoms with Gasteiger partial charge in [0, 0.05) is 44.2 Å². The number of carbonyl (C=O) groups is 1. The van der Waals surface area contributed by atoms with Gasteiger partial charge in [0.1, 0.15) is 5.76 Å². The summed E-state index contributed by atoms with van der Waals surface area (Å²) in [6, 6.07) is 2.64. The lowest BCUT2D eigenvalue weighted by Gasteiger charge is -2.20. The van der Waals surface area contributed by atoms with Gasteiger partial charge in [-0.2, -0.15) is 0 Å². The number of aromatic nitrogens is 1. The molecule has 0 bridgehead atoms. The minimum atomic E-state index is 0.0401. The van der Waals surface area contributed by atoms with Crippen molar-refractivity contribution >= 4 is 5.91 Å². The van der Waals surface area contributed by atoms with Gasteiger partial charge in [-0.3, -0.25) is 9.69 Å². The van der Waals surface area contributed by atoms with E-state index in [9.17, 15) is 4.79 Å². The maximum absolute atomic E-state index is 12.5. The Balaban J connectivity index is 1.41. The second-order valence-electron chi connectivity index (χ2n) is 6.30. The summed E-state index contributed by atoms with van der Waals surface area (Å²) in [4.78, 5) is 17.0. The Hall–Kier alpha value is -1.36. The molecule has 3 fully saturated rings. The molecule has 0 aromatic carbocycles. The predicted molar refractivity (Wildman–Crippen MR) is 73.6 cm³/mol. The van der Waals surface area contributed by atoms with Crippen LogP contribution in [0.4, 0.5) is 0 Å². The average molecular weight is 275 g/mol. The molecule has 108 valence electrons. The first-order valence-electron chi connectivity index (χ1n) is 7.81. The van der Waals surface area contributed by atoms with Crippen LogP contribution in [-0.2, 0) is 0 Å². The van der Waals surface area contributed by atoms with Gasteiger partial charge in [-0.25, -0.2) is 0 Å². The first kappa shape index (κ1) is 12.4. The van der Waals surface area contributed by atoms with E-state index in [-0.39, 0.29) is 5.91 Å². The number of carbonyl (C=O) groups excluding carboxylic acids is 1. The van der Waals surface area contributed by atoms with E-state index in [0.717, 1.165) is 44.4 Å². The summed E-state index contributed by atoms with van der Waals surface area (Å²) in [5.41, 5.74) is 0.492. The van der Waals surface area contributed by atoms with Crippen molar-refractivity contribution in [2.45, 2.75) is 44.1 Å². The summed E-state index contributed by atoms with van der Waals surface area (Å²) in [7, 11) is 0. The largest absolute Gasteiger partial charge is 0.360 e. The first-order valence-corrected chi connectivity index (χ1v) is 7.81. The van der Waals surface area contributed by atoms with Gasteiger partial charge in [0.25, 0.3) is 5.91 Å². The van der Waals surface area contributed by atoms with Crippen LogP contribution < -0.4 is 0 Å². The Labute approximate surface area is 118 Å². The van der Waals surface area contributed by atoms with Crippen LogP contribution in [0.1, 0.15) is 54.3 Å². The Morgan fingerprint density at radius 2 is 2.00 bits per heavy atom. The zero-order valence-electron chi connectivity index (χ0n) is 11.8. The van der Waals surface area contributed by atoms with Crippen molar-refractivity contribution in [2.24, 2.45) is 0 Å². The highest BCUT2D eigenvalue weighted by Crippen LogP contribution is 2.40. The first-order chi connectivity index (χ1) is 9.81. The second-order valence-corrected chi connectivity index (χ2v) is 6.30. The SMILES string of the molecule is O=C(c1cc(C2CC2)on1)N1CCCN(C2CC2)CC1. The molecule has 0 atom stereocenters. The highest BCUT2D eigenvalue weighted by molar-refractivity contribution is 5.92. The van der Waals surface area contributed by atoms with Crippen molar-refractivity contribution < 1.29 is 9.32 Å². The number of amides is 1. The highest BCUT2D eigenvalue weighted by atomic mass is 16.5. The average Bonchev–Trinajstić information content (AvgIpc) is 3.34. The molecular formula is C15H21N3O2. The zero-order valence-corrected chi connectivity index (χ0v) is 11.8. The Morgan fingerprint density at radius 3 is 2.75 bits per heavy atom. The Morgan fingerprint density at radius 1 is 1.15 bits per heavy atom. The molecule has 3 aliphatic rings. The summed E-state index contributed by atoms with van der Waals surface area (Å²) in [5.74, 6) is 1.44. The van der Waals surface area contributed by atoms with Crippen molar-refractivity contribution in [3.63, 3.8) is 0 Å². The summed E-state index contributed by atoms with van der Waals surface area (Å²) in [5, 5.41) is 3.97. The van der Waals surface area contributed by atoms with Crippen molar-refractivity contribution in [3.8, 4) is 0 Å². The van der Waals surface area contributed by atoms with Crippen LogP contribution in [-0.4, -0.2) is 53.1 Å². The Kier molecular flexibility index (Phi) is 3.02. The molecule has 2 heterocycles. The molecule has 0 unspecified atom stereocenters. The van der Waals surface area contributed by atoms with E-state index in [1.165, 1.54) is 25.7 Å². The molecule has 2 aliphatic carbocycles. The number of hydrogen-bond donors (Lipinski definition) is 0. The van der Waals surface area contributed by atoms with Crippen molar-refractivity contribution in [3.05, 3.63) is 17.5 Å². The van der Waals surface area contributed by atoms with Crippen molar-refractivity contribution in [1.82, 2.24) is 15.0 Å². The third-order valence-electron chi connectivity index (χ3n) is 4.61. The van der Waals surface area contributed by atoms with Gasteiger partial charge in [-0.1, -0.05) is 5.16 Å². The fourth-order valence-corrected chi connectivity index (χ4v) is 3.06. The van der Waals surface area contributed by atoms with Crippen LogP contribution in [0.3, 0.4) is 0 Å². The normalized spacial score (nSPS) is 24.7. The zero-order chi connectivity index (χ0) is 13.5. The molecule has 5 heteroatoms. The third kappa shape index (κ3) is 2.46. The fraction of sp³-hybridized carbons (Fsp3) is 0.733. The molecule has 5 nitrogen and oxygen atoms in total. The van der Waals surface area contributed by atoms with E-state index < -0.39 is 0 Å². The fourth-order valence-electron chi connectivity index (χ4n) is 3.06. The van der Waals surface area contributed by atoms with Gasteiger partial charge in [-0.05, 0) is 32.1 Å². The van der Waals surface area contributed by atoms with Crippen molar-refractivity contribution in [1.29, 1.82) is 0 Å². The molecule has 0 spiro atoms. The summed E-state index contributed by atoms with van der Waals surface area (Å²) in [6.45, 7) is 3.79. The van der Waals surface area contributed by atoms with Crippen LogP contribution >= 0.6 is 0 Å². The standard InChI is InChI=1S/C15H21N3O2/c19-15(13-10-14(20-16-13)11-2-3-11)18-7-1-6-17(8-9-18)12-4-5-12/h10-12H,1-9H2. The molecule has 0 N–H and O–H groups in total. The topological polar surface area (TPSA) is 49.6 Å². The number of nitrogens with zero attached hydrogens (tertiary/aromatic N) is 3. The van der Waals surface area contributed by atoms with Crippen LogP contribution in [0.5, 0.6) is 0 Å². The monoisotopic (exact) mass is 275 g/mol. The molecule has 1 saturated heterocycles. The van der Waals surface area contributed by atoms with E-state index in [2.05, 4.69) is 10.1 Å². The van der Waals surface area contributed by atoms with E-state index in [1.54, 1.807) is 0 Å². The van der Waals surface area contributed by atoms with Gasteiger partial charge >= 0.3 is 0 Å². The van der Waals surface area contributed by atoms with Gasteiger partial charge in [-0.15, -0.1) is 0 Å². The molecule has 0 radical (unpaired) electrons. The molecule has 4 rings (SSSR count). The van der Waals surface area contributed by atoms with Crippen LogP contribution in [0.2, 0.25) is 0 Å². The highest BCUT2D eigenvalue weighted by Gasteiger charge is 2.32. The number of hydrogen-bond acceptors (Lipinski definition) is 4. The lowest BCUT2D eigenvalue weighted by molar-refractivity contribution is 0.0750. The molecule has 2 saturated carbocycles. The van der Waals surface area contributed by atoms with Gasteiger partial charge in [0.05, 0.1) is 0 Å². The number of rotatable bonds is 3. The van der Waals surface area contributed by atoms with Gasteiger partial charge in [0.2, 0.25) is 0 Å². The van der Waals surface area contributed by atoms with Crippen LogP contribution in [0.25, 0.3) is 0 Å². The quantitative estimate of drug-likeness (QED) is 0.845. The van der Waals surface area contributed by atoms with E-state index in [4.69, 9.17) is 4.52 Å². The lowest BCUT2D eigenvalue weighted by Crippen LogP contribution is -2.35. The predicted octanol–water partition coefficient (Wildman–Crippen LogP) is 1.86. The molecule has 1 aromatic heterocycles.